The van der Waals surface area contributed by atoms with Gasteiger partial charge in [0.1, 0.15) is 0 Å². The highest BCUT2D eigenvalue weighted by Crippen LogP contribution is 2.33. The van der Waals surface area contributed by atoms with Gasteiger partial charge in [0.2, 0.25) is 6.71 Å². The summed E-state index contributed by atoms with van der Waals surface area (Å²) >= 11 is 0. The number of hydrogen-bond acceptors (Lipinski definition) is 0. The number of hydrogen-bond donors (Lipinski definition) is 0. The fraction of sp³-hybridized carbons (Fsp3) is 0.125. The van der Waals surface area contributed by atoms with Gasteiger partial charge in [0, 0.05) is 0 Å². The summed E-state index contributed by atoms with van der Waals surface area (Å²) in [4.78, 5) is 0. The van der Waals surface area contributed by atoms with Gasteiger partial charge >= 0.3 is 0 Å². The van der Waals surface area contributed by atoms with E-state index in [4.69, 9.17) is 0 Å². The van der Waals surface area contributed by atoms with Crippen molar-refractivity contribution in [1.29, 1.82) is 0 Å². The second-order valence-corrected chi connectivity index (χ2v) is 5.20. The molecule has 0 saturated carbocycles. The molecular formula is C16H10BF5. The molecule has 0 spiro atoms. The summed E-state index contributed by atoms with van der Waals surface area (Å²) in [5.74, 6) is -10.3. The minimum absolute atomic E-state index is 0.439. The molecule has 0 aliphatic heterocycles. The maximum atomic E-state index is 14.1. The zero-order chi connectivity index (χ0) is 15.9. The van der Waals surface area contributed by atoms with E-state index >= 15 is 0 Å². The van der Waals surface area contributed by atoms with E-state index in [9.17, 15) is 22.0 Å². The molecule has 0 unspecified atom stereocenters. The van der Waals surface area contributed by atoms with Crippen LogP contribution in [0.3, 0.4) is 0 Å². The first-order valence-corrected chi connectivity index (χ1v) is 6.73. The van der Waals surface area contributed by atoms with Crippen LogP contribution in [0.5, 0.6) is 0 Å². The molecule has 112 valence electrons. The Morgan fingerprint density at radius 1 is 0.545 bits per heavy atom. The van der Waals surface area contributed by atoms with Crippen molar-refractivity contribution >= 4 is 12.2 Å². The maximum Gasteiger partial charge on any atom is 0.205 e. The average molecular weight is 308 g/mol. The smallest absolute Gasteiger partial charge is 0.204 e. The van der Waals surface area contributed by atoms with Gasteiger partial charge in [0.25, 0.3) is 0 Å². The lowest BCUT2D eigenvalue weighted by Crippen LogP contribution is -2.43. The van der Waals surface area contributed by atoms with Crippen molar-refractivity contribution in [2.75, 3.05) is 0 Å². The number of allylic oxidation sites excluding steroid dienone is 8. The standard InChI is InChI=1S/C16H10BF5/c18-12-11(13(19)15(21)16(22)14(12)20)17(9-5-1-2-6-9)10-7-3-4-8-10/h1-10H. The highest BCUT2D eigenvalue weighted by Gasteiger charge is 2.39. The van der Waals surface area contributed by atoms with Crippen LogP contribution in [-0.2, 0) is 0 Å². The maximum absolute atomic E-state index is 14.1. The van der Waals surface area contributed by atoms with E-state index in [1.807, 2.05) is 0 Å². The molecule has 0 amide bonds. The highest BCUT2D eigenvalue weighted by molar-refractivity contribution is 6.78. The van der Waals surface area contributed by atoms with Crippen molar-refractivity contribution in [2.24, 2.45) is 0 Å². The lowest BCUT2D eigenvalue weighted by molar-refractivity contribution is 0.383. The van der Waals surface area contributed by atoms with Crippen LogP contribution in [0.2, 0.25) is 11.6 Å². The van der Waals surface area contributed by atoms with Gasteiger partial charge in [0.05, 0.1) is 0 Å². The third-order valence-corrected chi connectivity index (χ3v) is 3.96. The molecule has 0 saturated heterocycles. The molecular weight excluding hydrogens is 298 g/mol. The zero-order valence-electron chi connectivity index (χ0n) is 11.2. The summed E-state index contributed by atoms with van der Waals surface area (Å²) in [6.07, 6.45) is 13.5. The van der Waals surface area contributed by atoms with Crippen molar-refractivity contribution in [2.45, 2.75) is 11.6 Å². The topological polar surface area (TPSA) is 0 Å². The number of rotatable bonds is 3. The fourth-order valence-corrected chi connectivity index (χ4v) is 2.93. The molecule has 0 heterocycles. The van der Waals surface area contributed by atoms with Gasteiger partial charge in [-0.05, 0) is 17.1 Å². The molecule has 1 aromatic carbocycles. The average Bonchev–Trinajstić information content (AvgIpc) is 3.20. The molecule has 2 aliphatic carbocycles. The largest absolute Gasteiger partial charge is 0.205 e. The molecule has 0 aromatic heterocycles. The van der Waals surface area contributed by atoms with E-state index in [2.05, 4.69) is 0 Å². The SMILES string of the molecule is Fc1c(F)c(F)c(B(C2C=CC=C2)C2C=CC=C2)c(F)c1F. The van der Waals surface area contributed by atoms with E-state index < -0.39 is 52.9 Å². The second-order valence-electron chi connectivity index (χ2n) is 5.20. The van der Waals surface area contributed by atoms with Gasteiger partial charge in [-0.15, -0.1) is 0 Å². The predicted octanol–water partition coefficient (Wildman–Crippen LogP) is 4.08. The van der Waals surface area contributed by atoms with E-state index in [1.165, 1.54) is 0 Å². The van der Waals surface area contributed by atoms with Crippen molar-refractivity contribution < 1.29 is 22.0 Å². The Balaban J connectivity index is 2.20. The monoisotopic (exact) mass is 308 g/mol. The van der Waals surface area contributed by atoms with Gasteiger partial charge < -0.3 is 0 Å². The first kappa shape index (κ1) is 14.8. The molecule has 2 aliphatic rings. The molecule has 6 heteroatoms. The van der Waals surface area contributed by atoms with Gasteiger partial charge in [-0.3, -0.25) is 0 Å². The van der Waals surface area contributed by atoms with Gasteiger partial charge in [-0.2, -0.15) is 0 Å². The van der Waals surface area contributed by atoms with Gasteiger partial charge in [-0.25, -0.2) is 22.0 Å². The minimum atomic E-state index is -2.13. The lowest BCUT2D eigenvalue weighted by Gasteiger charge is -2.23. The summed E-state index contributed by atoms with van der Waals surface area (Å²) in [5.41, 5.74) is -0.765. The Hall–Kier alpha value is -2.11. The zero-order valence-corrected chi connectivity index (χ0v) is 11.2. The molecule has 0 fully saturated rings. The predicted molar refractivity (Wildman–Crippen MR) is 75.7 cm³/mol. The summed E-state index contributed by atoms with van der Waals surface area (Å²) in [6, 6.07) is 0. The Bertz CT molecular complexity index is 652. The number of benzene rings is 1. The summed E-state index contributed by atoms with van der Waals surface area (Å²) in [5, 5.41) is 0. The first-order chi connectivity index (χ1) is 10.5. The van der Waals surface area contributed by atoms with E-state index in [0.29, 0.717) is 0 Å². The quantitative estimate of drug-likeness (QED) is 0.342. The van der Waals surface area contributed by atoms with Gasteiger partial charge in [0.15, 0.2) is 29.1 Å². The van der Waals surface area contributed by atoms with Crippen LogP contribution in [0.15, 0.2) is 48.6 Å². The van der Waals surface area contributed by atoms with E-state index in [-0.39, 0.29) is 0 Å². The van der Waals surface area contributed by atoms with Crippen molar-refractivity contribution in [3.8, 4) is 0 Å². The van der Waals surface area contributed by atoms with Crippen LogP contribution < -0.4 is 5.46 Å². The van der Waals surface area contributed by atoms with Gasteiger partial charge in [-0.1, -0.05) is 48.6 Å². The molecule has 22 heavy (non-hydrogen) atoms. The summed E-state index contributed by atoms with van der Waals surface area (Å²) in [7, 11) is 0. The lowest BCUT2D eigenvalue weighted by atomic mass is 9.31. The second kappa shape index (κ2) is 5.59. The van der Waals surface area contributed by atoms with Crippen LogP contribution in [0.25, 0.3) is 0 Å². The Morgan fingerprint density at radius 3 is 1.23 bits per heavy atom. The van der Waals surface area contributed by atoms with Crippen molar-refractivity contribution in [1.82, 2.24) is 0 Å². The molecule has 0 atom stereocenters. The normalized spacial score (nSPS) is 17.1. The third-order valence-electron chi connectivity index (χ3n) is 3.96. The van der Waals surface area contributed by atoms with E-state index in [1.54, 1.807) is 48.6 Å². The Morgan fingerprint density at radius 2 is 0.864 bits per heavy atom. The molecule has 1 aromatic rings. The summed E-state index contributed by atoms with van der Waals surface area (Å²) in [6.45, 7) is -0.894. The molecule has 0 radical (unpaired) electrons. The van der Waals surface area contributed by atoms with Crippen LogP contribution in [-0.4, -0.2) is 6.71 Å². The van der Waals surface area contributed by atoms with Crippen LogP contribution >= 0.6 is 0 Å². The van der Waals surface area contributed by atoms with Crippen LogP contribution in [0.4, 0.5) is 22.0 Å². The molecule has 0 N–H and O–H groups in total. The van der Waals surface area contributed by atoms with Crippen molar-refractivity contribution in [3.63, 3.8) is 0 Å². The minimum Gasteiger partial charge on any atom is -0.204 e. The third kappa shape index (κ3) is 2.23. The Labute approximate surface area is 124 Å². The number of halogens is 5. The van der Waals surface area contributed by atoms with Crippen LogP contribution in [0, 0.1) is 29.1 Å². The van der Waals surface area contributed by atoms with Crippen molar-refractivity contribution in [3.05, 3.63) is 77.7 Å². The van der Waals surface area contributed by atoms with Crippen LogP contribution in [0.1, 0.15) is 0 Å². The van der Waals surface area contributed by atoms with E-state index in [0.717, 1.165) is 0 Å². The molecule has 3 rings (SSSR count). The molecule has 0 nitrogen and oxygen atoms in total. The Kier molecular flexibility index (Phi) is 3.77. The summed E-state index contributed by atoms with van der Waals surface area (Å²) < 4.78 is 68.5. The highest BCUT2D eigenvalue weighted by atomic mass is 19.2. The fourth-order valence-electron chi connectivity index (χ4n) is 2.93. The molecule has 0 bridgehead atoms. The first-order valence-electron chi connectivity index (χ1n) is 6.73.